The number of piperidine rings is 1. The zero-order chi connectivity index (χ0) is 21.2. The monoisotopic (exact) mass is 424 g/mol. The van der Waals surface area contributed by atoms with Gasteiger partial charge in [-0.3, -0.25) is 0 Å². The molecule has 0 N–H and O–H groups in total. The van der Waals surface area contributed by atoms with Crippen molar-refractivity contribution in [2.45, 2.75) is 45.4 Å². The molecule has 0 radical (unpaired) electrons. The average molecular weight is 425 g/mol. The van der Waals surface area contributed by atoms with E-state index in [1.807, 2.05) is 24.5 Å². The summed E-state index contributed by atoms with van der Waals surface area (Å²) in [7, 11) is 0. The fourth-order valence-corrected chi connectivity index (χ4v) is 5.12. The summed E-state index contributed by atoms with van der Waals surface area (Å²) in [6.45, 7) is 6.83. The number of aryl methyl sites for hydroxylation is 1. The van der Waals surface area contributed by atoms with Crippen molar-refractivity contribution in [2.75, 3.05) is 42.6 Å². The van der Waals surface area contributed by atoms with Crippen molar-refractivity contribution in [1.29, 1.82) is 0 Å². The Labute approximate surface area is 184 Å². The lowest BCUT2D eigenvalue weighted by atomic mass is 9.90. The molecule has 2 aliphatic heterocycles. The molecule has 1 saturated carbocycles. The van der Waals surface area contributed by atoms with Crippen LogP contribution in [0.1, 0.15) is 44.6 Å². The van der Waals surface area contributed by atoms with Gasteiger partial charge in [0.2, 0.25) is 5.95 Å². The fourth-order valence-electron chi connectivity index (χ4n) is 5.12. The van der Waals surface area contributed by atoms with E-state index in [1.165, 1.54) is 24.8 Å². The zero-order valence-electron chi connectivity index (χ0n) is 18.5. The van der Waals surface area contributed by atoms with Crippen LogP contribution in [0.15, 0.2) is 30.6 Å². The fraction of sp³-hybridized carbons (Fsp3) is 0.600. The smallest absolute Gasteiger partial charge is 0.225 e. The second-order valence-corrected chi connectivity index (χ2v) is 9.32. The van der Waals surface area contributed by atoms with Crippen molar-refractivity contribution in [1.82, 2.24) is 9.97 Å². The largest absolute Gasteiger partial charge is 0.493 e. The van der Waals surface area contributed by atoms with E-state index in [-0.39, 0.29) is 5.82 Å². The Bertz CT molecular complexity index is 878. The first-order chi connectivity index (χ1) is 15.2. The van der Waals surface area contributed by atoms with Crippen LogP contribution in [0, 0.1) is 23.6 Å². The highest BCUT2D eigenvalue weighted by Gasteiger charge is 2.43. The van der Waals surface area contributed by atoms with Gasteiger partial charge in [-0.25, -0.2) is 14.4 Å². The minimum atomic E-state index is -0.165. The quantitative estimate of drug-likeness (QED) is 0.614. The van der Waals surface area contributed by atoms with E-state index in [9.17, 15) is 4.39 Å². The third-order valence-corrected chi connectivity index (χ3v) is 7.38. The molecule has 6 heteroatoms. The van der Waals surface area contributed by atoms with Gasteiger partial charge in [0.05, 0.1) is 12.3 Å². The Kier molecular flexibility index (Phi) is 5.97. The number of aromatic nitrogens is 2. The van der Waals surface area contributed by atoms with Gasteiger partial charge in [-0.2, -0.15) is 0 Å². The Morgan fingerprint density at radius 1 is 1.06 bits per heavy atom. The first-order valence-corrected chi connectivity index (χ1v) is 11.9. The summed E-state index contributed by atoms with van der Waals surface area (Å²) in [5.41, 5.74) is 1.90. The number of hydrogen-bond donors (Lipinski definition) is 0. The number of halogens is 1. The summed E-state index contributed by atoms with van der Waals surface area (Å²) >= 11 is 0. The van der Waals surface area contributed by atoms with Crippen LogP contribution in [-0.4, -0.2) is 42.8 Å². The van der Waals surface area contributed by atoms with E-state index >= 15 is 0 Å². The molecule has 3 fully saturated rings. The predicted octanol–water partition coefficient (Wildman–Crippen LogP) is 4.71. The van der Waals surface area contributed by atoms with Crippen molar-refractivity contribution in [2.24, 2.45) is 17.8 Å². The van der Waals surface area contributed by atoms with Crippen molar-refractivity contribution < 1.29 is 9.13 Å². The summed E-state index contributed by atoms with van der Waals surface area (Å²) in [4.78, 5) is 13.5. The standard InChI is InChI=1S/C25H33FN4O/c1-2-18-16-27-25(28-17-18)30-11-6-19(7-12-30)22-14-20(22)8-13-31-21-4-5-24(23(26)15-21)29-9-3-10-29/h4-5,15-17,19-20,22H,2-3,6-14H2,1H3/t20-,22-/m1/s1. The third-order valence-electron chi connectivity index (χ3n) is 7.38. The molecule has 0 bridgehead atoms. The number of hydrogen-bond acceptors (Lipinski definition) is 5. The molecule has 1 aliphatic carbocycles. The lowest BCUT2D eigenvalue weighted by Gasteiger charge is -2.33. The zero-order valence-corrected chi connectivity index (χ0v) is 18.5. The Balaban J connectivity index is 1.03. The van der Waals surface area contributed by atoms with Gasteiger partial charge < -0.3 is 14.5 Å². The van der Waals surface area contributed by atoms with Gasteiger partial charge >= 0.3 is 0 Å². The Hall–Kier alpha value is -2.37. The third kappa shape index (κ3) is 4.63. The molecule has 3 heterocycles. The maximum absolute atomic E-state index is 14.3. The van der Waals surface area contributed by atoms with E-state index in [4.69, 9.17) is 4.74 Å². The molecule has 0 unspecified atom stereocenters. The minimum absolute atomic E-state index is 0.165. The van der Waals surface area contributed by atoms with E-state index in [0.29, 0.717) is 18.0 Å². The van der Waals surface area contributed by atoms with Crippen molar-refractivity contribution in [3.63, 3.8) is 0 Å². The molecule has 0 amide bonds. The summed E-state index contributed by atoms with van der Waals surface area (Å²) in [6, 6.07) is 5.31. The second-order valence-electron chi connectivity index (χ2n) is 9.32. The van der Waals surface area contributed by atoms with Crippen LogP contribution >= 0.6 is 0 Å². The molecule has 0 spiro atoms. The van der Waals surface area contributed by atoms with Crippen LogP contribution in [0.4, 0.5) is 16.0 Å². The Morgan fingerprint density at radius 2 is 1.84 bits per heavy atom. The van der Waals surface area contributed by atoms with E-state index in [1.54, 1.807) is 6.07 Å². The van der Waals surface area contributed by atoms with Crippen LogP contribution < -0.4 is 14.5 Å². The van der Waals surface area contributed by atoms with Gasteiger partial charge in [-0.15, -0.1) is 0 Å². The van der Waals surface area contributed by atoms with Crippen molar-refractivity contribution in [3.8, 4) is 5.75 Å². The molecule has 2 saturated heterocycles. The normalized spacial score (nSPS) is 23.5. The highest BCUT2D eigenvalue weighted by Crippen LogP contribution is 2.49. The molecule has 2 atom stereocenters. The molecular weight excluding hydrogens is 391 g/mol. The molecule has 1 aromatic heterocycles. The molecule has 5 rings (SSSR count). The maximum atomic E-state index is 14.3. The minimum Gasteiger partial charge on any atom is -0.493 e. The molecule has 31 heavy (non-hydrogen) atoms. The topological polar surface area (TPSA) is 41.5 Å². The van der Waals surface area contributed by atoms with Crippen LogP contribution in [0.25, 0.3) is 0 Å². The van der Waals surface area contributed by atoms with Crippen molar-refractivity contribution >= 4 is 11.6 Å². The molecule has 1 aromatic carbocycles. The van der Waals surface area contributed by atoms with Crippen LogP contribution in [-0.2, 0) is 6.42 Å². The van der Waals surface area contributed by atoms with Gasteiger partial charge in [0.25, 0.3) is 0 Å². The first kappa shape index (κ1) is 20.5. The summed E-state index contributed by atoms with van der Waals surface area (Å²) < 4.78 is 20.2. The van der Waals surface area contributed by atoms with Gasteiger partial charge in [0.15, 0.2) is 0 Å². The molecule has 166 valence electrons. The van der Waals surface area contributed by atoms with E-state index in [2.05, 4.69) is 26.7 Å². The van der Waals surface area contributed by atoms with Crippen LogP contribution in [0.3, 0.4) is 0 Å². The van der Waals surface area contributed by atoms with E-state index in [0.717, 1.165) is 69.1 Å². The van der Waals surface area contributed by atoms with Crippen molar-refractivity contribution in [3.05, 3.63) is 42.0 Å². The lowest BCUT2D eigenvalue weighted by Crippen LogP contribution is -2.37. The highest BCUT2D eigenvalue weighted by molar-refractivity contribution is 5.52. The average Bonchev–Trinajstić information content (AvgIpc) is 3.54. The summed E-state index contributed by atoms with van der Waals surface area (Å²) in [5, 5.41) is 0. The van der Waals surface area contributed by atoms with Gasteiger partial charge in [-0.05, 0) is 74.0 Å². The van der Waals surface area contributed by atoms with Gasteiger partial charge in [0, 0.05) is 44.6 Å². The van der Waals surface area contributed by atoms with E-state index < -0.39 is 0 Å². The summed E-state index contributed by atoms with van der Waals surface area (Å²) in [5.74, 6) is 3.78. The van der Waals surface area contributed by atoms with Crippen LogP contribution in [0.2, 0.25) is 0 Å². The number of rotatable bonds is 8. The van der Waals surface area contributed by atoms with Gasteiger partial charge in [-0.1, -0.05) is 6.92 Å². The summed E-state index contributed by atoms with van der Waals surface area (Å²) in [6.07, 6.45) is 10.9. The number of ether oxygens (including phenoxy) is 1. The molecule has 3 aliphatic rings. The SMILES string of the molecule is CCc1cnc(N2CCC([C@H]3C[C@H]3CCOc3ccc(N4CCC4)c(F)c3)CC2)nc1. The Morgan fingerprint density at radius 3 is 2.48 bits per heavy atom. The highest BCUT2D eigenvalue weighted by atomic mass is 19.1. The molecule has 5 nitrogen and oxygen atoms in total. The number of nitrogens with zero attached hydrogens (tertiary/aromatic N) is 4. The predicted molar refractivity (Wildman–Crippen MR) is 121 cm³/mol. The van der Waals surface area contributed by atoms with Crippen LogP contribution in [0.5, 0.6) is 5.75 Å². The first-order valence-electron chi connectivity index (χ1n) is 11.9. The number of benzene rings is 1. The second kappa shape index (κ2) is 9.01. The lowest BCUT2D eigenvalue weighted by molar-refractivity contribution is 0.283. The van der Waals surface area contributed by atoms with Gasteiger partial charge in [0.1, 0.15) is 11.6 Å². The number of anilines is 2. The molecule has 2 aromatic rings. The molecular formula is C25H33FN4O. The maximum Gasteiger partial charge on any atom is 0.225 e.